The zero-order chi connectivity index (χ0) is 19.0. The van der Waals surface area contributed by atoms with E-state index < -0.39 is 0 Å². The number of aromatic nitrogens is 2. The van der Waals surface area contributed by atoms with Crippen molar-refractivity contribution in [1.29, 1.82) is 0 Å². The van der Waals surface area contributed by atoms with Crippen LogP contribution in [0.4, 0.5) is 5.82 Å². The molecule has 0 unspecified atom stereocenters. The van der Waals surface area contributed by atoms with Crippen LogP contribution in [0.1, 0.15) is 24.3 Å². The molecule has 1 fully saturated rings. The number of ether oxygens (including phenoxy) is 2. The summed E-state index contributed by atoms with van der Waals surface area (Å²) in [4.78, 5) is 16.9. The van der Waals surface area contributed by atoms with E-state index in [9.17, 15) is 0 Å². The molecule has 27 heavy (non-hydrogen) atoms. The Balaban J connectivity index is 1.66. The highest BCUT2D eigenvalue weighted by atomic mass is 32.2. The summed E-state index contributed by atoms with van der Waals surface area (Å²) in [5.41, 5.74) is 1.25. The maximum atomic E-state index is 6.03. The number of anilines is 1. The molecule has 8 heteroatoms. The maximum Gasteiger partial charge on any atom is 0.190 e. The van der Waals surface area contributed by atoms with Crippen molar-refractivity contribution in [1.82, 2.24) is 14.9 Å². The zero-order valence-corrected chi connectivity index (χ0v) is 18.2. The Bertz CT molecular complexity index is 818. The van der Waals surface area contributed by atoms with Gasteiger partial charge in [0.05, 0.1) is 30.8 Å². The van der Waals surface area contributed by atoms with Gasteiger partial charge in [-0.3, -0.25) is 4.90 Å². The Hall–Kier alpha value is -0.930. The highest BCUT2D eigenvalue weighted by Crippen LogP contribution is 2.42. The van der Waals surface area contributed by atoms with Crippen LogP contribution in [0.15, 0.2) is 5.16 Å². The molecule has 6 nitrogen and oxygen atoms in total. The third-order valence-corrected chi connectivity index (χ3v) is 6.94. The van der Waals surface area contributed by atoms with Crippen LogP contribution in [0.2, 0.25) is 0 Å². The van der Waals surface area contributed by atoms with Crippen molar-refractivity contribution in [3.8, 4) is 0 Å². The highest BCUT2D eigenvalue weighted by Gasteiger charge is 2.31. The molecule has 0 aromatic carbocycles. The Morgan fingerprint density at radius 1 is 1.26 bits per heavy atom. The van der Waals surface area contributed by atoms with Gasteiger partial charge in [-0.05, 0) is 25.7 Å². The second kappa shape index (κ2) is 7.83. The van der Waals surface area contributed by atoms with Gasteiger partial charge in [0.25, 0.3) is 0 Å². The fourth-order valence-electron chi connectivity index (χ4n) is 3.70. The first-order chi connectivity index (χ1) is 13.0. The van der Waals surface area contributed by atoms with Crippen molar-refractivity contribution in [2.24, 2.45) is 0 Å². The summed E-state index contributed by atoms with van der Waals surface area (Å²) in [5, 5.41) is 2.07. The fourth-order valence-corrected chi connectivity index (χ4v) is 5.21. The van der Waals surface area contributed by atoms with E-state index in [1.807, 2.05) is 6.26 Å². The van der Waals surface area contributed by atoms with Crippen molar-refractivity contribution >= 4 is 39.1 Å². The molecule has 148 valence electrons. The first-order valence-electron chi connectivity index (χ1n) is 9.48. The van der Waals surface area contributed by atoms with Gasteiger partial charge < -0.3 is 14.4 Å². The lowest BCUT2D eigenvalue weighted by atomic mass is 9.94. The monoisotopic (exact) mass is 408 g/mol. The van der Waals surface area contributed by atoms with Crippen molar-refractivity contribution in [2.45, 2.75) is 37.6 Å². The number of hydrogen-bond donors (Lipinski definition) is 0. The summed E-state index contributed by atoms with van der Waals surface area (Å²) < 4.78 is 11.5. The SMILES string of the molecule is CSc1nc(N(C)CCN2CCOCC2)c2c3c(sc2n1)COC(C)(C)C3. The minimum Gasteiger partial charge on any atom is -0.379 e. The molecule has 2 aromatic heterocycles. The molecule has 1 saturated heterocycles. The Kier molecular flexibility index (Phi) is 5.62. The quantitative estimate of drug-likeness (QED) is 0.557. The second-order valence-electron chi connectivity index (χ2n) is 7.82. The average Bonchev–Trinajstić information content (AvgIpc) is 3.02. The van der Waals surface area contributed by atoms with Crippen molar-refractivity contribution in [2.75, 3.05) is 57.6 Å². The molecule has 4 rings (SSSR count). The maximum absolute atomic E-state index is 6.03. The number of thioether (sulfide) groups is 1. The van der Waals surface area contributed by atoms with Crippen LogP contribution in [-0.4, -0.2) is 73.2 Å². The molecule has 0 saturated carbocycles. The van der Waals surface area contributed by atoms with Gasteiger partial charge in [-0.1, -0.05) is 11.8 Å². The number of nitrogens with zero attached hydrogens (tertiary/aromatic N) is 4. The predicted octanol–water partition coefficient (Wildman–Crippen LogP) is 3.03. The van der Waals surface area contributed by atoms with E-state index in [4.69, 9.17) is 19.4 Å². The van der Waals surface area contributed by atoms with Gasteiger partial charge in [0.15, 0.2) is 5.16 Å². The van der Waals surface area contributed by atoms with Crippen LogP contribution < -0.4 is 4.90 Å². The van der Waals surface area contributed by atoms with Crippen LogP contribution in [0, 0.1) is 0 Å². The first kappa shape index (κ1) is 19.4. The number of morpholine rings is 1. The molecule has 2 aliphatic rings. The van der Waals surface area contributed by atoms with Crippen molar-refractivity contribution in [3.63, 3.8) is 0 Å². The fraction of sp³-hybridized carbons (Fsp3) is 0.684. The Labute approximate surface area is 169 Å². The molecule has 0 radical (unpaired) electrons. The zero-order valence-electron chi connectivity index (χ0n) is 16.6. The molecule has 2 aliphatic heterocycles. The van der Waals surface area contributed by atoms with Crippen LogP contribution in [0.5, 0.6) is 0 Å². The largest absolute Gasteiger partial charge is 0.379 e. The number of thiophene rings is 1. The molecular weight excluding hydrogens is 380 g/mol. The molecule has 0 N–H and O–H groups in total. The smallest absolute Gasteiger partial charge is 0.190 e. The van der Waals surface area contributed by atoms with Gasteiger partial charge in [-0.15, -0.1) is 11.3 Å². The standard InChI is InChI=1S/C19H28N4O2S2/c1-19(2)11-13-14(12-25-19)27-17-15(13)16(20-18(21-17)26-4)22(3)5-6-23-7-9-24-10-8-23/h5-12H2,1-4H3. The summed E-state index contributed by atoms with van der Waals surface area (Å²) in [6, 6.07) is 0. The molecule has 0 aliphatic carbocycles. The molecule has 4 heterocycles. The minimum atomic E-state index is -0.136. The second-order valence-corrected chi connectivity index (χ2v) is 9.68. The van der Waals surface area contributed by atoms with E-state index in [1.165, 1.54) is 15.8 Å². The summed E-state index contributed by atoms with van der Waals surface area (Å²) in [5.74, 6) is 1.06. The van der Waals surface area contributed by atoms with Gasteiger partial charge in [0.2, 0.25) is 0 Å². The minimum absolute atomic E-state index is 0.136. The van der Waals surface area contributed by atoms with Crippen molar-refractivity contribution in [3.05, 3.63) is 10.4 Å². The molecule has 0 amide bonds. The van der Waals surface area contributed by atoms with E-state index in [-0.39, 0.29) is 5.60 Å². The van der Waals surface area contributed by atoms with Crippen LogP contribution in [0.3, 0.4) is 0 Å². The number of hydrogen-bond acceptors (Lipinski definition) is 8. The summed E-state index contributed by atoms with van der Waals surface area (Å²) in [7, 11) is 2.15. The molecule has 0 bridgehead atoms. The van der Waals surface area contributed by atoms with Gasteiger partial charge in [-0.25, -0.2) is 9.97 Å². The average molecular weight is 409 g/mol. The lowest BCUT2D eigenvalue weighted by molar-refractivity contribution is -0.0379. The van der Waals surface area contributed by atoms with Crippen molar-refractivity contribution < 1.29 is 9.47 Å². The van der Waals surface area contributed by atoms with E-state index >= 15 is 0 Å². The number of likely N-dealkylation sites (N-methyl/N-ethyl adjacent to an activating group) is 1. The lowest BCUT2D eigenvalue weighted by Gasteiger charge is -2.31. The number of rotatable bonds is 5. The molecule has 2 aromatic rings. The third kappa shape index (κ3) is 4.10. The highest BCUT2D eigenvalue weighted by molar-refractivity contribution is 7.98. The van der Waals surface area contributed by atoms with E-state index in [0.717, 1.165) is 61.6 Å². The normalized spacial score (nSPS) is 20.0. The predicted molar refractivity (Wildman–Crippen MR) is 112 cm³/mol. The molecule has 0 spiro atoms. The third-order valence-electron chi connectivity index (χ3n) is 5.29. The van der Waals surface area contributed by atoms with Gasteiger partial charge in [0, 0.05) is 44.5 Å². The molecule has 0 atom stereocenters. The van der Waals surface area contributed by atoms with Crippen LogP contribution >= 0.6 is 23.1 Å². The van der Waals surface area contributed by atoms with E-state index in [2.05, 4.69) is 30.7 Å². The Morgan fingerprint density at radius 2 is 2.04 bits per heavy atom. The first-order valence-corrected chi connectivity index (χ1v) is 11.5. The molecular formula is C19H28N4O2S2. The van der Waals surface area contributed by atoms with Gasteiger partial charge in [-0.2, -0.15) is 0 Å². The summed E-state index contributed by atoms with van der Waals surface area (Å²) in [6.07, 6.45) is 2.95. The van der Waals surface area contributed by atoms with E-state index in [0.29, 0.717) is 6.61 Å². The van der Waals surface area contributed by atoms with Gasteiger partial charge in [0.1, 0.15) is 10.6 Å². The summed E-state index contributed by atoms with van der Waals surface area (Å²) >= 11 is 3.37. The van der Waals surface area contributed by atoms with E-state index in [1.54, 1.807) is 23.1 Å². The Morgan fingerprint density at radius 3 is 2.78 bits per heavy atom. The van der Waals surface area contributed by atoms with Gasteiger partial charge >= 0.3 is 0 Å². The van der Waals surface area contributed by atoms with Crippen LogP contribution in [0.25, 0.3) is 10.2 Å². The number of fused-ring (bicyclic) bond motifs is 3. The summed E-state index contributed by atoms with van der Waals surface area (Å²) in [6.45, 7) is 10.7. The topological polar surface area (TPSA) is 50.7 Å². The van der Waals surface area contributed by atoms with Crippen LogP contribution in [-0.2, 0) is 22.5 Å². The lowest BCUT2D eigenvalue weighted by Crippen LogP contribution is -2.41.